The number of carbonyl (C=O) groups excluding carboxylic acids is 1. The van der Waals surface area contributed by atoms with Gasteiger partial charge in [0.2, 0.25) is 10.0 Å². The molecule has 1 N–H and O–H groups in total. The first kappa shape index (κ1) is 20.7. The molecule has 4 aliphatic rings. The van der Waals surface area contributed by atoms with Gasteiger partial charge in [0.25, 0.3) is 5.91 Å². The maximum absolute atomic E-state index is 13.7. The maximum atomic E-state index is 13.7. The maximum Gasteiger partial charge on any atom is 0.275 e. The van der Waals surface area contributed by atoms with Crippen molar-refractivity contribution in [1.82, 2.24) is 14.3 Å². The molecule has 2 saturated carbocycles. The summed E-state index contributed by atoms with van der Waals surface area (Å²) >= 11 is 0. The van der Waals surface area contributed by atoms with Gasteiger partial charge in [-0.1, -0.05) is 18.2 Å². The highest BCUT2D eigenvalue weighted by molar-refractivity contribution is 7.89. The summed E-state index contributed by atoms with van der Waals surface area (Å²) < 4.78 is 29.3. The van der Waals surface area contributed by atoms with Gasteiger partial charge in [-0.15, -0.1) is 0 Å². The van der Waals surface area contributed by atoms with E-state index in [-0.39, 0.29) is 17.6 Å². The summed E-state index contributed by atoms with van der Waals surface area (Å²) in [6.07, 6.45) is 10.0. The molecular formula is C25H26N4O3S. The Balaban J connectivity index is 1.32. The van der Waals surface area contributed by atoms with Crippen molar-refractivity contribution in [2.24, 2.45) is 17.8 Å². The number of anilines is 1. The summed E-state index contributed by atoms with van der Waals surface area (Å²) in [6.45, 7) is 0.645. The second-order valence-corrected chi connectivity index (χ2v) is 11.6. The quantitative estimate of drug-likeness (QED) is 0.631. The molecule has 7 rings (SSSR count). The smallest absolute Gasteiger partial charge is 0.275 e. The van der Waals surface area contributed by atoms with Gasteiger partial charge in [-0.05, 0) is 73.4 Å². The zero-order valence-corrected chi connectivity index (χ0v) is 19.0. The molecular weight excluding hydrogens is 436 g/mol. The van der Waals surface area contributed by atoms with Crippen LogP contribution in [0.5, 0.6) is 0 Å². The van der Waals surface area contributed by atoms with E-state index in [2.05, 4.69) is 15.3 Å². The van der Waals surface area contributed by atoms with Gasteiger partial charge in [-0.25, -0.2) is 13.4 Å². The van der Waals surface area contributed by atoms with E-state index in [0.29, 0.717) is 34.9 Å². The van der Waals surface area contributed by atoms with Crippen molar-refractivity contribution >= 4 is 32.4 Å². The summed E-state index contributed by atoms with van der Waals surface area (Å²) in [7, 11) is -3.59. The van der Waals surface area contributed by atoms with Crippen molar-refractivity contribution in [2.45, 2.75) is 43.0 Å². The summed E-state index contributed by atoms with van der Waals surface area (Å²) in [5.74, 6) is 1.50. The average Bonchev–Trinajstić information content (AvgIpc) is 3.03. The lowest BCUT2D eigenvalue weighted by molar-refractivity contribution is 0.102. The SMILES string of the molecule is O=C(Nc1cccc2cc(S(=O)(=O)N3CC4CC5CC(C4)CC3C5)ccc12)c1cnccn1. The minimum absolute atomic E-state index is 0.125. The van der Waals surface area contributed by atoms with E-state index in [1.807, 2.05) is 12.1 Å². The van der Waals surface area contributed by atoms with Gasteiger partial charge in [0, 0.05) is 36.1 Å². The fourth-order valence-corrected chi connectivity index (χ4v) is 8.06. The van der Waals surface area contributed by atoms with Crippen molar-refractivity contribution in [1.29, 1.82) is 0 Å². The molecule has 2 atom stereocenters. The molecule has 3 aromatic rings. The highest BCUT2D eigenvalue weighted by Crippen LogP contribution is 2.48. The molecule has 1 aromatic heterocycles. The summed E-state index contributed by atoms with van der Waals surface area (Å²) in [4.78, 5) is 20.8. The Hall–Kier alpha value is -2.84. The van der Waals surface area contributed by atoms with Crippen molar-refractivity contribution in [3.8, 4) is 0 Å². The zero-order valence-electron chi connectivity index (χ0n) is 18.2. The number of amides is 1. The number of benzene rings is 2. The summed E-state index contributed by atoms with van der Waals surface area (Å²) in [5.41, 5.74) is 0.830. The number of sulfonamides is 1. The van der Waals surface area contributed by atoms with Crippen LogP contribution in [0.3, 0.4) is 0 Å². The van der Waals surface area contributed by atoms with Crippen LogP contribution in [-0.2, 0) is 10.0 Å². The van der Waals surface area contributed by atoms with Crippen LogP contribution in [0.2, 0.25) is 0 Å². The van der Waals surface area contributed by atoms with Gasteiger partial charge in [0.15, 0.2) is 0 Å². The number of hydrogen-bond acceptors (Lipinski definition) is 5. The minimum atomic E-state index is -3.59. The second kappa shape index (κ2) is 7.88. The Morgan fingerprint density at radius 2 is 1.76 bits per heavy atom. The highest BCUT2D eigenvalue weighted by Gasteiger charge is 2.46. The lowest BCUT2D eigenvalue weighted by Gasteiger charge is -2.38. The average molecular weight is 463 g/mol. The van der Waals surface area contributed by atoms with Gasteiger partial charge in [-0.2, -0.15) is 4.31 Å². The zero-order chi connectivity index (χ0) is 22.6. The van der Waals surface area contributed by atoms with Crippen LogP contribution < -0.4 is 5.32 Å². The van der Waals surface area contributed by atoms with Crippen LogP contribution in [0.15, 0.2) is 59.9 Å². The number of nitrogens with zero attached hydrogens (tertiary/aromatic N) is 3. The number of aromatic nitrogens is 2. The van der Waals surface area contributed by atoms with E-state index < -0.39 is 10.0 Å². The second-order valence-electron chi connectivity index (χ2n) is 9.74. The van der Waals surface area contributed by atoms with Crippen molar-refractivity contribution in [3.05, 3.63) is 60.7 Å². The first-order valence-corrected chi connectivity index (χ1v) is 13.0. The molecule has 7 nitrogen and oxygen atoms in total. The number of hydrogen-bond donors (Lipinski definition) is 1. The first-order valence-electron chi connectivity index (χ1n) is 11.6. The predicted molar refractivity (Wildman–Crippen MR) is 125 cm³/mol. The van der Waals surface area contributed by atoms with Crippen LogP contribution in [0.25, 0.3) is 10.8 Å². The summed E-state index contributed by atoms with van der Waals surface area (Å²) in [6, 6.07) is 10.8. The highest BCUT2D eigenvalue weighted by atomic mass is 32.2. The van der Waals surface area contributed by atoms with E-state index >= 15 is 0 Å². The molecule has 170 valence electrons. The Morgan fingerprint density at radius 3 is 2.52 bits per heavy atom. The summed E-state index contributed by atoms with van der Waals surface area (Å²) in [5, 5.41) is 4.42. The van der Waals surface area contributed by atoms with E-state index in [1.165, 1.54) is 37.9 Å². The van der Waals surface area contributed by atoms with E-state index in [4.69, 9.17) is 0 Å². The molecule has 4 fully saturated rings. The molecule has 4 bridgehead atoms. The van der Waals surface area contributed by atoms with Gasteiger partial charge in [-0.3, -0.25) is 9.78 Å². The van der Waals surface area contributed by atoms with Gasteiger partial charge in [0.1, 0.15) is 5.69 Å². The minimum Gasteiger partial charge on any atom is -0.320 e. The third kappa shape index (κ3) is 3.71. The normalized spacial score (nSPS) is 26.9. The molecule has 0 spiro atoms. The molecule has 2 aliphatic heterocycles. The Morgan fingerprint density at radius 1 is 0.970 bits per heavy atom. The van der Waals surface area contributed by atoms with Crippen molar-refractivity contribution in [3.63, 3.8) is 0 Å². The molecule has 2 saturated heterocycles. The molecule has 2 aromatic carbocycles. The van der Waals surface area contributed by atoms with E-state index in [0.717, 1.165) is 23.6 Å². The third-order valence-corrected chi connectivity index (χ3v) is 9.47. The van der Waals surface area contributed by atoms with Crippen LogP contribution in [0.4, 0.5) is 5.69 Å². The third-order valence-electron chi connectivity index (χ3n) is 7.56. The van der Waals surface area contributed by atoms with Crippen LogP contribution in [0, 0.1) is 17.8 Å². The lowest BCUT2D eigenvalue weighted by Crippen LogP contribution is -2.42. The largest absolute Gasteiger partial charge is 0.320 e. The molecule has 3 heterocycles. The first-order chi connectivity index (χ1) is 16.0. The molecule has 2 unspecified atom stereocenters. The van der Waals surface area contributed by atoms with Crippen molar-refractivity contribution in [2.75, 3.05) is 11.9 Å². The van der Waals surface area contributed by atoms with Gasteiger partial charge in [0.05, 0.1) is 11.1 Å². The number of rotatable bonds is 4. The number of nitrogens with one attached hydrogen (secondary N) is 1. The molecule has 33 heavy (non-hydrogen) atoms. The number of fused-ring (bicyclic) bond motifs is 2. The van der Waals surface area contributed by atoms with E-state index in [9.17, 15) is 13.2 Å². The molecule has 1 amide bonds. The Labute approximate surface area is 193 Å². The van der Waals surface area contributed by atoms with E-state index in [1.54, 1.807) is 28.6 Å². The van der Waals surface area contributed by atoms with Crippen LogP contribution >= 0.6 is 0 Å². The molecule has 2 aliphatic carbocycles. The van der Waals surface area contributed by atoms with Gasteiger partial charge < -0.3 is 5.32 Å². The topological polar surface area (TPSA) is 92.3 Å². The molecule has 8 heteroatoms. The number of carbonyl (C=O) groups is 1. The predicted octanol–water partition coefficient (Wildman–Crippen LogP) is 4.08. The molecule has 0 radical (unpaired) electrons. The van der Waals surface area contributed by atoms with Crippen LogP contribution in [0.1, 0.15) is 42.6 Å². The van der Waals surface area contributed by atoms with Crippen molar-refractivity contribution < 1.29 is 13.2 Å². The monoisotopic (exact) mass is 462 g/mol. The van der Waals surface area contributed by atoms with Crippen LogP contribution in [-0.4, -0.2) is 41.2 Å². The Kier molecular flexibility index (Phi) is 4.96. The Bertz CT molecular complexity index is 1310. The lowest BCUT2D eigenvalue weighted by atomic mass is 9.68. The fourth-order valence-electron chi connectivity index (χ4n) is 6.31. The fraction of sp³-hybridized carbons (Fsp3) is 0.400. The standard InChI is InChI=1S/C25H26N4O3S/c30-25(24-14-26-6-7-27-24)28-23-3-1-2-19-13-21(4-5-22(19)23)33(31,32)29-15-18-9-16-8-17(10-18)12-20(29)11-16/h1-7,13-14,16-18,20H,8-12,15H2,(H,28,30). The van der Waals surface area contributed by atoms with Gasteiger partial charge >= 0.3 is 0 Å².